The van der Waals surface area contributed by atoms with Gasteiger partial charge in [-0.1, -0.05) is 24.3 Å². The average molecular weight is 424 g/mol. The van der Waals surface area contributed by atoms with Crippen molar-refractivity contribution in [3.8, 4) is 11.5 Å². The van der Waals surface area contributed by atoms with Gasteiger partial charge in [-0.3, -0.25) is 0 Å². The number of esters is 2. The number of hydrogen-bond donors (Lipinski definition) is 0. The quantitative estimate of drug-likeness (QED) is 0.277. The van der Waals surface area contributed by atoms with Gasteiger partial charge < -0.3 is 9.47 Å². The van der Waals surface area contributed by atoms with Crippen LogP contribution in [0.4, 0.5) is 0 Å². The molecule has 4 nitrogen and oxygen atoms in total. The Bertz CT molecular complexity index is 1250. The van der Waals surface area contributed by atoms with Crippen LogP contribution in [0.5, 0.6) is 11.5 Å². The van der Waals surface area contributed by atoms with Crippen LogP contribution in [0.1, 0.15) is 43.0 Å². The van der Waals surface area contributed by atoms with E-state index in [0.717, 1.165) is 33.0 Å². The number of aryl methyl sites for hydroxylation is 4. The van der Waals surface area contributed by atoms with Gasteiger partial charge >= 0.3 is 11.9 Å². The molecule has 32 heavy (non-hydrogen) atoms. The standard InChI is InChI=1S/C28H24O4/c1-17-5-7-22(13-19(17)3)27(29)31-25-11-9-21-10-12-26(16-24(21)15-25)32-28(30)23-8-6-18(2)20(4)14-23/h5-16H,1-4H3. The van der Waals surface area contributed by atoms with Gasteiger partial charge in [0.25, 0.3) is 0 Å². The maximum Gasteiger partial charge on any atom is 0.343 e. The van der Waals surface area contributed by atoms with Crippen LogP contribution in [0.15, 0.2) is 72.8 Å². The molecular formula is C28H24O4. The van der Waals surface area contributed by atoms with Crippen molar-refractivity contribution in [3.05, 3.63) is 106 Å². The van der Waals surface area contributed by atoms with Crippen molar-refractivity contribution < 1.29 is 19.1 Å². The first-order valence-corrected chi connectivity index (χ1v) is 10.4. The van der Waals surface area contributed by atoms with Gasteiger partial charge in [-0.25, -0.2) is 9.59 Å². The maximum atomic E-state index is 12.5. The molecule has 4 heteroatoms. The molecule has 0 radical (unpaired) electrons. The van der Waals surface area contributed by atoms with Gasteiger partial charge in [0.1, 0.15) is 11.5 Å². The van der Waals surface area contributed by atoms with E-state index >= 15 is 0 Å². The molecule has 0 N–H and O–H groups in total. The number of rotatable bonds is 4. The Balaban J connectivity index is 1.54. The van der Waals surface area contributed by atoms with E-state index in [1.165, 1.54) is 0 Å². The fourth-order valence-corrected chi connectivity index (χ4v) is 3.40. The summed E-state index contributed by atoms with van der Waals surface area (Å²) in [4.78, 5) is 25.1. The van der Waals surface area contributed by atoms with Crippen LogP contribution in [0.2, 0.25) is 0 Å². The predicted molar refractivity (Wildman–Crippen MR) is 126 cm³/mol. The highest BCUT2D eigenvalue weighted by molar-refractivity contribution is 5.94. The van der Waals surface area contributed by atoms with E-state index in [9.17, 15) is 9.59 Å². The lowest BCUT2D eigenvalue weighted by Crippen LogP contribution is -2.09. The highest BCUT2D eigenvalue weighted by Gasteiger charge is 2.12. The second kappa shape index (κ2) is 8.67. The topological polar surface area (TPSA) is 52.6 Å². The fourth-order valence-electron chi connectivity index (χ4n) is 3.40. The van der Waals surface area contributed by atoms with Gasteiger partial charge in [0, 0.05) is 0 Å². The number of carbonyl (C=O) groups is 2. The SMILES string of the molecule is Cc1ccc(C(=O)Oc2ccc3ccc(OC(=O)c4ccc(C)c(C)c4)cc3c2)cc1C. The largest absolute Gasteiger partial charge is 0.423 e. The zero-order valence-corrected chi connectivity index (χ0v) is 18.6. The van der Waals surface area contributed by atoms with E-state index in [1.54, 1.807) is 36.4 Å². The molecule has 0 aliphatic carbocycles. The molecule has 0 bridgehead atoms. The lowest BCUT2D eigenvalue weighted by molar-refractivity contribution is 0.0726. The number of benzene rings is 4. The van der Waals surface area contributed by atoms with Gasteiger partial charge in [-0.15, -0.1) is 0 Å². The van der Waals surface area contributed by atoms with Crippen LogP contribution in [-0.2, 0) is 0 Å². The third kappa shape index (κ3) is 4.54. The Morgan fingerprint density at radius 2 is 0.938 bits per heavy atom. The Kier molecular flexibility index (Phi) is 5.78. The molecule has 0 spiro atoms. The first-order valence-electron chi connectivity index (χ1n) is 10.4. The highest BCUT2D eigenvalue weighted by atomic mass is 16.5. The van der Waals surface area contributed by atoms with E-state index in [-0.39, 0.29) is 0 Å². The third-order valence-electron chi connectivity index (χ3n) is 5.69. The van der Waals surface area contributed by atoms with E-state index in [2.05, 4.69) is 0 Å². The van der Waals surface area contributed by atoms with Crippen LogP contribution >= 0.6 is 0 Å². The number of carbonyl (C=O) groups excluding carboxylic acids is 2. The summed E-state index contributed by atoms with van der Waals surface area (Å²) >= 11 is 0. The van der Waals surface area contributed by atoms with Gasteiger partial charge in [0.2, 0.25) is 0 Å². The Hall–Kier alpha value is -3.92. The van der Waals surface area contributed by atoms with Crippen molar-refractivity contribution in [2.45, 2.75) is 27.7 Å². The minimum absolute atomic E-state index is 0.412. The van der Waals surface area contributed by atoms with Crippen molar-refractivity contribution in [1.29, 1.82) is 0 Å². The van der Waals surface area contributed by atoms with E-state index < -0.39 is 11.9 Å². The minimum atomic E-state index is -0.412. The van der Waals surface area contributed by atoms with Crippen molar-refractivity contribution in [2.24, 2.45) is 0 Å². The fraction of sp³-hybridized carbons (Fsp3) is 0.143. The number of hydrogen-bond acceptors (Lipinski definition) is 4. The second-order valence-corrected chi connectivity index (χ2v) is 8.05. The maximum absolute atomic E-state index is 12.5. The van der Waals surface area contributed by atoms with E-state index in [4.69, 9.17) is 9.47 Å². The molecule has 0 amide bonds. The van der Waals surface area contributed by atoms with Crippen molar-refractivity contribution in [1.82, 2.24) is 0 Å². The molecule has 0 unspecified atom stereocenters. The molecule has 4 aromatic carbocycles. The lowest BCUT2D eigenvalue weighted by Gasteiger charge is -2.09. The normalized spacial score (nSPS) is 10.8. The van der Waals surface area contributed by atoms with Crippen LogP contribution in [-0.4, -0.2) is 11.9 Å². The zero-order valence-electron chi connectivity index (χ0n) is 18.6. The van der Waals surface area contributed by atoms with Crippen LogP contribution < -0.4 is 9.47 Å². The minimum Gasteiger partial charge on any atom is -0.423 e. The zero-order chi connectivity index (χ0) is 22.8. The summed E-state index contributed by atoms with van der Waals surface area (Å²) in [7, 11) is 0. The summed E-state index contributed by atoms with van der Waals surface area (Å²) in [6, 6.07) is 21.7. The number of fused-ring (bicyclic) bond motifs is 1. The summed E-state index contributed by atoms with van der Waals surface area (Å²) in [5, 5.41) is 1.75. The van der Waals surface area contributed by atoms with Crippen LogP contribution in [0, 0.1) is 27.7 Å². The average Bonchev–Trinajstić information content (AvgIpc) is 2.77. The highest BCUT2D eigenvalue weighted by Crippen LogP contribution is 2.26. The van der Waals surface area contributed by atoms with E-state index in [0.29, 0.717) is 22.6 Å². The summed E-state index contributed by atoms with van der Waals surface area (Å²) < 4.78 is 11.1. The summed E-state index contributed by atoms with van der Waals surface area (Å²) in [6.07, 6.45) is 0. The monoisotopic (exact) mass is 424 g/mol. The third-order valence-corrected chi connectivity index (χ3v) is 5.69. The molecule has 0 heterocycles. The van der Waals surface area contributed by atoms with Gasteiger partial charge in [-0.2, -0.15) is 0 Å². The molecule has 160 valence electrons. The molecular weight excluding hydrogens is 400 g/mol. The van der Waals surface area contributed by atoms with Gasteiger partial charge in [0.15, 0.2) is 0 Å². The molecule has 0 saturated heterocycles. The molecule has 0 saturated carbocycles. The Labute approximate surface area is 187 Å². The predicted octanol–water partition coefficient (Wildman–Crippen LogP) is 6.51. The first-order chi connectivity index (χ1) is 15.3. The molecule has 0 atom stereocenters. The van der Waals surface area contributed by atoms with Crippen molar-refractivity contribution in [2.75, 3.05) is 0 Å². The molecule has 0 fully saturated rings. The Morgan fingerprint density at radius 3 is 1.34 bits per heavy atom. The Morgan fingerprint density at radius 1 is 0.500 bits per heavy atom. The summed E-state index contributed by atoms with van der Waals surface area (Å²) in [6.45, 7) is 7.92. The molecule has 0 aromatic heterocycles. The molecule has 4 rings (SSSR count). The summed E-state index contributed by atoms with van der Waals surface area (Å²) in [5.74, 6) is 0.0336. The second-order valence-electron chi connectivity index (χ2n) is 8.05. The molecule has 0 aliphatic rings. The lowest BCUT2D eigenvalue weighted by atomic mass is 10.1. The van der Waals surface area contributed by atoms with Crippen molar-refractivity contribution >= 4 is 22.7 Å². The van der Waals surface area contributed by atoms with E-state index in [1.807, 2.05) is 64.1 Å². The van der Waals surface area contributed by atoms with Crippen LogP contribution in [0.3, 0.4) is 0 Å². The van der Waals surface area contributed by atoms with Gasteiger partial charge in [0.05, 0.1) is 11.1 Å². The smallest absolute Gasteiger partial charge is 0.343 e. The number of ether oxygens (including phenoxy) is 2. The summed E-state index contributed by atoms with van der Waals surface area (Å²) in [5.41, 5.74) is 5.32. The molecule has 4 aromatic rings. The molecule has 0 aliphatic heterocycles. The van der Waals surface area contributed by atoms with Crippen molar-refractivity contribution in [3.63, 3.8) is 0 Å². The van der Waals surface area contributed by atoms with Crippen LogP contribution in [0.25, 0.3) is 10.8 Å². The first kappa shape index (κ1) is 21.3. The van der Waals surface area contributed by atoms with Gasteiger partial charge in [-0.05, 0) is 109 Å².